The summed E-state index contributed by atoms with van der Waals surface area (Å²) in [7, 11) is 0. The molecular formula is C19H20N2O5S. The lowest BCUT2D eigenvalue weighted by Crippen LogP contribution is -2.27. The van der Waals surface area contributed by atoms with Crippen molar-refractivity contribution in [2.75, 3.05) is 0 Å². The molecule has 0 heterocycles. The maximum absolute atomic E-state index is 12.7. The first-order valence-corrected chi connectivity index (χ1v) is 9.13. The van der Waals surface area contributed by atoms with E-state index in [1.807, 2.05) is 0 Å². The van der Waals surface area contributed by atoms with Gasteiger partial charge in [0.05, 0.1) is 16.5 Å². The molecule has 0 aliphatic rings. The number of carboxylic acid groups (broad SMARTS) is 1. The van der Waals surface area contributed by atoms with E-state index < -0.39 is 22.2 Å². The smallest absolute Gasteiger partial charge is 0.316 e. The average molecular weight is 388 g/mol. The Kier molecular flexibility index (Phi) is 6.57. The van der Waals surface area contributed by atoms with Gasteiger partial charge < -0.3 is 10.4 Å². The number of aryl methyl sites for hydroxylation is 1. The number of thioether (sulfide) groups is 1. The number of nitrogens with zero attached hydrogens (tertiary/aromatic N) is 1. The van der Waals surface area contributed by atoms with E-state index in [2.05, 4.69) is 5.32 Å². The molecule has 142 valence electrons. The van der Waals surface area contributed by atoms with Crippen LogP contribution in [0.5, 0.6) is 0 Å². The fraction of sp³-hybridized carbons (Fsp3) is 0.263. The van der Waals surface area contributed by atoms with Gasteiger partial charge >= 0.3 is 5.97 Å². The SMILES string of the molecule is Cc1ccc(C(C)NC(=O)c2ccccc2SC(C)C(=O)O)cc1[N+](=O)[O-]. The number of aliphatic carboxylic acids is 1. The highest BCUT2D eigenvalue weighted by molar-refractivity contribution is 8.00. The summed E-state index contributed by atoms with van der Waals surface area (Å²) in [5, 5.41) is 22.3. The molecule has 0 aliphatic heterocycles. The van der Waals surface area contributed by atoms with Gasteiger partial charge in [0.15, 0.2) is 0 Å². The highest BCUT2D eigenvalue weighted by atomic mass is 32.2. The average Bonchev–Trinajstić information content (AvgIpc) is 2.61. The first-order chi connectivity index (χ1) is 12.7. The van der Waals surface area contributed by atoms with Crippen LogP contribution in [0.3, 0.4) is 0 Å². The number of nitrogens with one attached hydrogen (secondary N) is 1. The van der Waals surface area contributed by atoms with E-state index in [1.54, 1.807) is 57.2 Å². The Morgan fingerprint density at radius 2 is 1.85 bits per heavy atom. The largest absolute Gasteiger partial charge is 0.480 e. The number of carbonyl (C=O) groups excluding carboxylic acids is 1. The summed E-state index contributed by atoms with van der Waals surface area (Å²) in [6, 6.07) is 11.1. The van der Waals surface area contributed by atoms with Gasteiger partial charge in [0, 0.05) is 16.5 Å². The van der Waals surface area contributed by atoms with Crippen molar-refractivity contribution in [3.05, 3.63) is 69.3 Å². The second-order valence-electron chi connectivity index (χ2n) is 6.09. The molecule has 2 unspecified atom stereocenters. The normalized spacial score (nSPS) is 12.9. The van der Waals surface area contributed by atoms with Crippen LogP contribution in [0.25, 0.3) is 0 Å². The van der Waals surface area contributed by atoms with Crippen molar-refractivity contribution < 1.29 is 19.6 Å². The lowest BCUT2D eigenvalue weighted by molar-refractivity contribution is -0.385. The third kappa shape index (κ3) is 5.07. The Morgan fingerprint density at radius 3 is 2.48 bits per heavy atom. The molecule has 2 N–H and O–H groups in total. The second kappa shape index (κ2) is 8.68. The lowest BCUT2D eigenvalue weighted by Gasteiger charge is -2.17. The molecule has 1 amide bonds. The molecule has 2 aromatic carbocycles. The van der Waals surface area contributed by atoms with Crippen LogP contribution >= 0.6 is 11.8 Å². The molecule has 8 heteroatoms. The van der Waals surface area contributed by atoms with E-state index >= 15 is 0 Å². The molecule has 2 atom stereocenters. The molecule has 27 heavy (non-hydrogen) atoms. The summed E-state index contributed by atoms with van der Waals surface area (Å²) in [5.41, 5.74) is 1.53. The van der Waals surface area contributed by atoms with Gasteiger partial charge in [-0.3, -0.25) is 19.7 Å². The third-order valence-corrected chi connectivity index (χ3v) is 5.23. The standard InChI is InChI=1S/C19H20N2O5S/c1-11-8-9-14(10-16(11)21(25)26)12(2)20-18(22)15-6-4-5-7-17(15)27-13(3)19(23)24/h4-10,12-13H,1-3H3,(H,20,22)(H,23,24). The number of hydrogen-bond acceptors (Lipinski definition) is 5. The Morgan fingerprint density at radius 1 is 1.19 bits per heavy atom. The summed E-state index contributed by atoms with van der Waals surface area (Å²) >= 11 is 1.09. The van der Waals surface area contributed by atoms with Gasteiger partial charge in [-0.15, -0.1) is 11.8 Å². The molecule has 0 aliphatic carbocycles. The molecule has 7 nitrogen and oxygen atoms in total. The highest BCUT2D eigenvalue weighted by Crippen LogP contribution is 2.28. The number of carbonyl (C=O) groups is 2. The maximum Gasteiger partial charge on any atom is 0.316 e. The van der Waals surface area contributed by atoms with Crippen molar-refractivity contribution in [3.8, 4) is 0 Å². The van der Waals surface area contributed by atoms with Crippen LogP contribution in [0.2, 0.25) is 0 Å². The first-order valence-electron chi connectivity index (χ1n) is 8.25. The van der Waals surface area contributed by atoms with Crippen LogP contribution in [-0.4, -0.2) is 27.2 Å². The lowest BCUT2D eigenvalue weighted by atomic mass is 10.0. The van der Waals surface area contributed by atoms with Crippen LogP contribution in [0.1, 0.15) is 41.4 Å². The summed E-state index contributed by atoms with van der Waals surface area (Å²) in [4.78, 5) is 35.0. The highest BCUT2D eigenvalue weighted by Gasteiger charge is 2.20. The number of benzene rings is 2. The predicted molar refractivity (Wildman–Crippen MR) is 103 cm³/mol. The summed E-state index contributed by atoms with van der Waals surface area (Å²) < 4.78 is 0. The fourth-order valence-corrected chi connectivity index (χ4v) is 3.37. The Hall–Kier alpha value is -2.87. The quantitative estimate of drug-likeness (QED) is 0.422. The summed E-state index contributed by atoms with van der Waals surface area (Å²) in [6.45, 7) is 4.94. The molecule has 0 bridgehead atoms. The van der Waals surface area contributed by atoms with Crippen LogP contribution in [0.15, 0.2) is 47.4 Å². The molecule has 0 fully saturated rings. The fourth-order valence-electron chi connectivity index (χ4n) is 2.45. The zero-order valence-electron chi connectivity index (χ0n) is 15.1. The van der Waals surface area contributed by atoms with Crippen LogP contribution < -0.4 is 5.32 Å². The van der Waals surface area contributed by atoms with Crippen molar-refractivity contribution in [3.63, 3.8) is 0 Å². The van der Waals surface area contributed by atoms with Gasteiger partial charge in [-0.1, -0.05) is 24.3 Å². The van der Waals surface area contributed by atoms with Gasteiger partial charge in [-0.25, -0.2) is 0 Å². The van der Waals surface area contributed by atoms with Crippen molar-refractivity contribution in [1.29, 1.82) is 0 Å². The Bertz CT molecular complexity index is 884. The van der Waals surface area contributed by atoms with Gasteiger partial charge in [0.25, 0.3) is 11.6 Å². The van der Waals surface area contributed by atoms with Crippen molar-refractivity contribution in [2.45, 2.75) is 37.0 Å². The molecule has 0 radical (unpaired) electrons. The van der Waals surface area contributed by atoms with E-state index in [1.165, 1.54) is 6.07 Å². The molecule has 2 rings (SSSR count). The van der Waals surface area contributed by atoms with Crippen LogP contribution in [0.4, 0.5) is 5.69 Å². The number of amides is 1. The van der Waals surface area contributed by atoms with Gasteiger partial charge in [-0.2, -0.15) is 0 Å². The van der Waals surface area contributed by atoms with Gasteiger partial charge in [0.1, 0.15) is 5.25 Å². The predicted octanol–water partition coefficient (Wildman–Crippen LogP) is 3.96. The molecule has 2 aromatic rings. The second-order valence-corrected chi connectivity index (χ2v) is 7.48. The van der Waals surface area contributed by atoms with Crippen LogP contribution in [0, 0.1) is 17.0 Å². The van der Waals surface area contributed by atoms with E-state index in [4.69, 9.17) is 5.11 Å². The molecule has 0 spiro atoms. The molecule has 0 saturated heterocycles. The number of nitro benzene ring substituents is 1. The number of hydrogen-bond donors (Lipinski definition) is 2. The molecule has 0 aromatic heterocycles. The van der Waals surface area contributed by atoms with Gasteiger partial charge in [0.2, 0.25) is 0 Å². The summed E-state index contributed by atoms with van der Waals surface area (Å²) in [6.07, 6.45) is 0. The minimum atomic E-state index is -0.962. The van der Waals surface area contributed by atoms with Crippen molar-refractivity contribution in [1.82, 2.24) is 5.32 Å². The molecular weight excluding hydrogens is 368 g/mol. The maximum atomic E-state index is 12.7. The number of rotatable bonds is 7. The Labute approximate surface area is 160 Å². The summed E-state index contributed by atoms with van der Waals surface area (Å²) in [5.74, 6) is -1.33. The van der Waals surface area contributed by atoms with Crippen LogP contribution in [-0.2, 0) is 4.79 Å². The zero-order chi connectivity index (χ0) is 20.1. The zero-order valence-corrected chi connectivity index (χ0v) is 15.9. The van der Waals surface area contributed by atoms with Crippen molar-refractivity contribution in [2.24, 2.45) is 0 Å². The molecule has 0 saturated carbocycles. The van der Waals surface area contributed by atoms with Gasteiger partial charge in [-0.05, 0) is 38.5 Å². The first kappa shape index (κ1) is 20.4. The van der Waals surface area contributed by atoms with E-state index in [0.717, 1.165) is 11.8 Å². The minimum absolute atomic E-state index is 0.000150. The van der Waals surface area contributed by atoms with Crippen molar-refractivity contribution >= 4 is 29.3 Å². The van der Waals surface area contributed by atoms with E-state index in [-0.39, 0.29) is 11.6 Å². The Balaban J connectivity index is 2.21. The van der Waals surface area contributed by atoms with E-state index in [0.29, 0.717) is 21.6 Å². The minimum Gasteiger partial charge on any atom is -0.480 e. The topological polar surface area (TPSA) is 110 Å². The van der Waals surface area contributed by atoms with E-state index in [9.17, 15) is 19.7 Å². The monoisotopic (exact) mass is 388 g/mol. The number of carboxylic acids is 1. The third-order valence-electron chi connectivity index (χ3n) is 4.06. The number of nitro groups is 1.